The van der Waals surface area contributed by atoms with Crippen molar-refractivity contribution in [3.05, 3.63) is 41.5 Å². The van der Waals surface area contributed by atoms with Crippen LogP contribution in [0.2, 0.25) is 0 Å². The molecule has 1 aromatic carbocycles. The minimum Gasteiger partial charge on any atom is -0.492 e. The zero-order valence-corrected chi connectivity index (χ0v) is 14.0. The van der Waals surface area contributed by atoms with Crippen molar-refractivity contribution in [1.82, 2.24) is 15.0 Å². The first-order valence-electron chi connectivity index (χ1n) is 7.51. The lowest BCUT2D eigenvalue weighted by molar-refractivity contribution is -0.0497. The molecule has 0 saturated carbocycles. The molecule has 6 nitrogen and oxygen atoms in total. The van der Waals surface area contributed by atoms with E-state index in [0.29, 0.717) is 34.8 Å². The summed E-state index contributed by atoms with van der Waals surface area (Å²) < 4.78 is 39.6. The molecule has 0 fully saturated rings. The monoisotopic (exact) mass is 349 g/mol. The van der Waals surface area contributed by atoms with Gasteiger partial charge in [-0.1, -0.05) is 0 Å². The van der Waals surface area contributed by atoms with Gasteiger partial charge in [-0.25, -0.2) is 4.98 Å². The van der Waals surface area contributed by atoms with Crippen LogP contribution in [-0.2, 0) is 6.42 Å². The van der Waals surface area contributed by atoms with Gasteiger partial charge in [-0.2, -0.15) is 8.78 Å². The molecule has 0 amide bonds. The predicted molar refractivity (Wildman–Crippen MR) is 87.6 cm³/mol. The van der Waals surface area contributed by atoms with Gasteiger partial charge >= 0.3 is 6.61 Å². The number of H-pyrrole nitrogens is 1. The van der Waals surface area contributed by atoms with E-state index in [4.69, 9.17) is 9.47 Å². The summed E-state index contributed by atoms with van der Waals surface area (Å²) in [4.78, 5) is 12.0. The number of imidazole rings is 1. The number of benzene rings is 1. The summed E-state index contributed by atoms with van der Waals surface area (Å²) in [6.45, 7) is -0.973. The van der Waals surface area contributed by atoms with Crippen molar-refractivity contribution in [2.75, 3.05) is 14.2 Å². The highest BCUT2D eigenvalue weighted by molar-refractivity contribution is 5.76. The zero-order chi connectivity index (χ0) is 18.0. The van der Waals surface area contributed by atoms with Gasteiger partial charge in [-0.15, -0.1) is 0 Å². The van der Waals surface area contributed by atoms with Crippen molar-refractivity contribution in [3.63, 3.8) is 0 Å². The van der Waals surface area contributed by atoms with Crippen LogP contribution in [0.5, 0.6) is 17.2 Å². The number of hydrogen-bond acceptors (Lipinski definition) is 5. The van der Waals surface area contributed by atoms with Gasteiger partial charge in [0, 0.05) is 18.1 Å². The summed E-state index contributed by atoms with van der Waals surface area (Å²) in [7, 11) is 3.12. The molecule has 0 spiro atoms. The molecule has 25 heavy (non-hydrogen) atoms. The van der Waals surface area contributed by atoms with Crippen LogP contribution in [-0.4, -0.2) is 35.8 Å². The molecule has 0 radical (unpaired) electrons. The van der Waals surface area contributed by atoms with E-state index in [0.717, 1.165) is 11.3 Å². The standard InChI is InChI=1S/C17H17F2N3O3/c1-9-12(20-8-14(23-2)16(9)24-3)7-15-21-11-5-4-10(25-17(18)19)6-13(11)22-15/h4-6,8,17H,7H2,1-3H3,(H,21,22). The van der Waals surface area contributed by atoms with Gasteiger partial charge in [-0.3, -0.25) is 4.98 Å². The van der Waals surface area contributed by atoms with Gasteiger partial charge in [0.05, 0.1) is 37.1 Å². The average molecular weight is 349 g/mol. The molecule has 2 heterocycles. The maximum Gasteiger partial charge on any atom is 0.387 e. The van der Waals surface area contributed by atoms with E-state index in [1.165, 1.54) is 12.1 Å². The summed E-state index contributed by atoms with van der Waals surface area (Å²) >= 11 is 0. The molecule has 0 aliphatic heterocycles. The number of nitrogens with zero attached hydrogens (tertiary/aromatic N) is 2. The lowest BCUT2D eigenvalue weighted by Crippen LogP contribution is -2.02. The Hall–Kier alpha value is -2.90. The van der Waals surface area contributed by atoms with Gasteiger partial charge in [0.25, 0.3) is 0 Å². The lowest BCUT2D eigenvalue weighted by Gasteiger charge is -2.12. The zero-order valence-electron chi connectivity index (χ0n) is 14.0. The van der Waals surface area contributed by atoms with Gasteiger partial charge in [0.2, 0.25) is 0 Å². The van der Waals surface area contributed by atoms with Gasteiger partial charge < -0.3 is 19.2 Å². The molecule has 0 atom stereocenters. The Labute approximate surface area is 142 Å². The second kappa shape index (κ2) is 6.92. The molecule has 0 unspecified atom stereocenters. The van der Waals surface area contributed by atoms with Crippen LogP contribution in [0.3, 0.4) is 0 Å². The summed E-state index contributed by atoms with van der Waals surface area (Å²) in [5, 5.41) is 0. The van der Waals surface area contributed by atoms with Crippen LogP contribution in [0.4, 0.5) is 8.78 Å². The minimum absolute atomic E-state index is 0.0816. The third kappa shape index (κ3) is 3.47. The number of aromatic nitrogens is 3. The number of aromatic amines is 1. The van der Waals surface area contributed by atoms with E-state index >= 15 is 0 Å². The summed E-state index contributed by atoms with van der Waals surface area (Å²) in [6.07, 6.45) is 2.03. The van der Waals surface area contributed by atoms with Crippen LogP contribution in [0.25, 0.3) is 11.0 Å². The minimum atomic E-state index is -2.86. The van der Waals surface area contributed by atoms with E-state index in [1.807, 2.05) is 6.92 Å². The number of halogens is 2. The van der Waals surface area contributed by atoms with Crippen LogP contribution in [0.1, 0.15) is 17.1 Å². The van der Waals surface area contributed by atoms with Gasteiger partial charge in [-0.05, 0) is 19.1 Å². The maximum absolute atomic E-state index is 12.3. The lowest BCUT2D eigenvalue weighted by atomic mass is 10.1. The van der Waals surface area contributed by atoms with E-state index in [-0.39, 0.29) is 5.75 Å². The summed E-state index contributed by atoms with van der Waals surface area (Å²) in [5.41, 5.74) is 2.91. The molecule has 0 aliphatic rings. The van der Waals surface area contributed by atoms with Crippen molar-refractivity contribution in [2.45, 2.75) is 20.0 Å². The maximum atomic E-state index is 12.3. The van der Waals surface area contributed by atoms with E-state index in [2.05, 4.69) is 19.7 Å². The molecule has 3 aromatic rings. The van der Waals surface area contributed by atoms with Crippen LogP contribution >= 0.6 is 0 Å². The quantitative estimate of drug-likeness (QED) is 0.738. The Morgan fingerprint density at radius 3 is 2.68 bits per heavy atom. The third-order valence-corrected chi connectivity index (χ3v) is 3.82. The normalized spacial score (nSPS) is 11.1. The molecule has 8 heteroatoms. The number of pyridine rings is 1. The molecular weight excluding hydrogens is 332 g/mol. The first-order valence-corrected chi connectivity index (χ1v) is 7.51. The van der Waals surface area contributed by atoms with Crippen LogP contribution in [0, 0.1) is 6.92 Å². The smallest absolute Gasteiger partial charge is 0.387 e. The predicted octanol–water partition coefficient (Wildman–Crippen LogP) is 3.48. The van der Waals surface area contributed by atoms with Gasteiger partial charge in [0.15, 0.2) is 11.5 Å². The molecular formula is C17H17F2N3O3. The summed E-state index contributed by atoms with van der Waals surface area (Å²) in [5.74, 6) is 1.92. The number of methoxy groups -OCH3 is 2. The Kier molecular flexibility index (Phi) is 4.69. The Morgan fingerprint density at radius 2 is 2.00 bits per heavy atom. The second-order valence-corrected chi connectivity index (χ2v) is 5.35. The average Bonchev–Trinajstić information content (AvgIpc) is 2.97. The van der Waals surface area contributed by atoms with Crippen molar-refractivity contribution < 1.29 is 23.0 Å². The number of ether oxygens (including phenoxy) is 3. The van der Waals surface area contributed by atoms with Crippen LogP contribution < -0.4 is 14.2 Å². The fraction of sp³-hybridized carbons (Fsp3) is 0.294. The van der Waals surface area contributed by atoms with Gasteiger partial charge in [0.1, 0.15) is 11.6 Å². The fourth-order valence-corrected chi connectivity index (χ4v) is 2.65. The molecule has 1 N–H and O–H groups in total. The molecule has 0 aliphatic carbocycles. The van der Waals surface area contributed by atoms with Crippen molar-refractivity contribution >= 4 is 11.0 Å². The first kappa shape index (κ1) is 16.9. The second-order valence-electron chi connectivity index (χ2n) is 5.35. The Balaban J connectivity index is 1.90. The number of alkyl halides is 2. The van der Waals surface area contributed by atoms with Crippen molar-refractivity contribution in [2.24, 2.45) is 0 Å². The highest BCUT2D eigenvalue weighted by Crippen LogP contribution is 2.32. The Morgan fingerprint density at radius 1 is 1.20 bits per heavy atom. The van der Waals surface area contributed by atoms with Crippen molar-refractivity contribution in [1.29, 1.82) is 0 Å². The summed E-state index contributed by atoms with van der Waals surface area (Å²) in [6, 6.07) is 4.58. The van der Waals surface area contributed by atoms with E-state index < -0.39 is 6.61 Å². The van der Waals surface area contributed by atoms with Crippen molar-refractivity contribution in [3.8, 4) is 17.2 Å². The highest BCUT2D eigenvalue weighted by atomic mass is 19.3. The molecule has 0 saturated heterocycles. The SMILES string of the molecule is COc1cnc(Cc2nc3ccc(OC(F)F)cc3[nH]2)c(C)c1OC. The van der Waals surface area contributed by atoms with E-state index in [1.54, 1.807) is 26.5 Å². The number of hydrogen-bond donors (Lipinski definition) is 1. The number of nitrogens with one attached hydrogen (secondary N) is 1. The molecule has 132 valence electrons. The topological polar surface area (TPSA) is 69.3 Å². The fourth-order valence-electron chi connectivity index (χ4n) is 2.65. The number of fused-ring (bicyclic) bond motifs is 1. The first-order chi connectivity index (χ1) is 12.0. The Bertz CT molecular complexity index is 896. The third-order valence-electron chi connectivity index (χ3n) is 3.82. The molecule has 0 bridgehead atoms. The molecule has 2 aromatic heterocycles. The van der Waals surface area contributed by atoms with Crippen LogP contribution in [0.15, 0.2) is 24.4 Å². The molecule has 3 rings (SSSR count). The largest absolute Gasteiger partial charge is 0.492 e. The highest BCUT2D eigenvalue weighted by Gasteiger charge is 2.15. The van der Waals surface area contributed by atoms with E-state index in [9.17, 15) is 8.78 Å². The number of rotatable bonds is 6.